The van der Waals surface area contributed by atoms with Crippen LogP contribution in [0.5, 0.6) is 5.75 Å². The molecule has 0 aliphatic heterocycles. The maximum Gasteiger partial charge on any atom is 0.303 e. The highest BCUT2D eigenvalue weighted by atomic mass is 16.5. The van der Waals surface area contributed by atoms with Gasteiger partial charge in [-0.3, -0.25) is 14.3 Å². The molecular formula is C36H45N3O4. The Hall–Kier alpha value is -3.61. The lowest BCUT2D eigenvalue weighted by molar-refractivity contribution is -0.138. The van der Waals surface area contributed by atoms with Gasteiger partial charge >= 0.3 is 5.97 Å². The van der Waals surface area contributed by atoms with E-state index in [-0.39, 0.29) is 24.2 Å². The molecule has 3 saturated carbocycles. The summed E-state index contributed by atoms with van der Waals surface area (Å²) in [4.78, 5) is 27.5. The minimum atomic E-state index is -0.737. The smallest absolute Gasteiger partial charge is 0.303 e. The van der Waals surface area contributed by atoms with E-state index in [4.69, 9.17) is 4.74 Å². The number of carboxylic acid groups (broad SMARTS) is 1. The van der Waals surface area contributed by atoms with E-state index < -0.39 is 5.97 Å². The van der Waals surface area contributed by atoms with Gasteiger partial charge in [-0.25, -0.2) is 0 Å². The van der Waals surface area contributed by atoms with Crippen molar-refractivity contribution < 1.29 is 19.4 Å². The molecular weight excluding hydrogens is 538 g/mol. The Kier molecular flexibility index (Phi) is 8.87. The fourth-order valence-electron chi connectivity index (χ4n) is 7.37. The molecule has 0 spiro atoms. The van der Waals surface area contributed by atoms with Crippen LogP contribution >= 0.6 is 0 Å². The number of methoxy groups -OCH3 is 1. The van der Waals surface area contributed by atoms with E-state index in [0.717, 1.165) is 80.5 Å². The Morgan fingerprint density at radius 1 is 0.930 bits per heavy atom. The van der Waals surface area contributed by atoms with Crippen molar-refractivity contribution >= 4 is 17.6 Å². The van der Waals surface area contributed by atoms with Gasteiger partial charge in [0.05, 0.1) is 19.3 Å². The summed E-state index contributed by atoms with van der Waals surface area (Å²) in [6.45, 7) is 2.84. The molecule has 0 radical (unpaired) electrons. The van der Waals surface area contributed by atoms with Crippen molar-refractivity contribution in [3.05, 3.63) is 66.0 Å². The lowest BCUT2D eigenvalue weighted by atomic mass is 9.77. The molecule has 43 heavy (non-hydrogen) atoms. The molecule has 228 valence electrons. The quantitative estimate of drug-likeness (QED) is 0.263. The fourth-order valence-corrected chi connectivity index (χ4v) is 7.37. The molecule has 0 atom stereocenters. The number of aromatic nitrogens is 2. The molecule has 3 fully saturated rings. The van der Waals surface area contributed by atoms with Gasteiger partial charge in [0.15, 0.2) is 0 Å². The molecule has 3 aliphatic carbocycles. The monoisotopic (exact) mass is 583 g/mol. The molecule has 0 bridgehead atoms. The number of nitrogens with zero attached hydrogens (tertiary/aromatic N) is 3. The van der Waals surface area contributed by atoms with Gasteiger partial charge in [0.2, 0.25) is 5.91 Å². The van der Waals surface area contributed by atoms with Crippen molar-refractivity contribution in [2.75, 3.05) is 18.6 Å². The number of anilines is 1. The first-order valence-electron chi connectivity index (χ1n) is 16.2. The summed E-state index contributed by atoms with van der Waals surface area (Å²) in [6.07, 6.45) is 14.3. The van der Waals surface area contributed by atoms with Crippen LogP contribution in [0, 0.1) is 24.7 Å². The van der Waals surface area contributed by atoms with Crippen LogP contribution in [0.3, 0.4) is 0 Å². The highest BCUT2D eigenvalue weighted by molar-refractivity contribution is 5.95. The van der Waals surface area contributed by atoms with E-state index >= 15 is 0 Å². The molecule has 2 aromatic carbocycles. The molecule has 7 heteroatoms. The number of hydrogen-bond donors (Lipinski definition) is 1. The molecule has 3 aromatic rings. The number of carbonyl (C=O) groups excluding carboxylic acids is 1. The minimum Gasteiger partial charge on any atom is -0.496 e. The summed E-state index contributed by atoms with van der Waals surface area (Å²) in [5, 5.41) is 13.9. The van der Waals surface area contributed by atoms with E-state index in [1.165, 1.54) is 24.0 Å². The number of hydrogen-bond acceptors (Lipinski definition) is 4. The first-order chi connectivity index (χ1) is 20.9. The van der Waals surface area contributed by atoms with Crippen LogP contribution in [-0.2, 0) is 9.59 Å². The maximum absolute atomic E-state index is 14.2. The number of aryl methyl sites for hydroxylation is 1. The van der Waals surface area contributed by atoms with Crippen molar-refractivity contribution in [1.82, 2.24) is 9.78 Å². The first-order valence-corrected chi connectivity index (χ1v) is 16.2. The van der Waals surface area contributed by atoms with Crippen molar-refractivity contribution in [2.24, 2.45) is 17.8 Å². The third kappa shape index (κ3) is 6.97. The maximum atomic E-state index is 14.2. The van der Waals surface area contributed by atoms with E-state index in [2.05, 4.69) is 70.3 Å². The molecule has 1 heterocycles. The van der Waals surface area contributed by atoms with Crippen molar-refractivity contribution in [2.45, 2.75) is 89.5 Å². The molecule has 6 rings (SSSR count). The van der Waals surface area contributed by atoms with E-state index in [1.54, 1.807) is 7.11 Å². The lowest BCUT2D eigenvalue weighted by Gasteiger charge is -2.36. The highest BCUT2D eigenvalue weighted by Gasteiger charge is 2.33. The summed E-state index contributed by atoms with van der Waals surface area (Å²) < 4.78 is 7.54. The van der Waals surface area contributed by atoms with Gasteiger partial charge in [0, 0.05) is 36.3 Å². The Morgan fingerprint density at radius 3 is 2.35 bits per heavy atom. The second kappa shape index (κ2) is 12.9. The SMILES string of the molecule is COc1ccc(C2CCC(CN(C(=O)C3CCC(CC(=O)O)CC3)c3cccc(-c4cnn(C5CC5)c4)c3)CC2)cc1C. The molecule has 0 saturated heterocycles. The summed E-state index contributed by atoms with van der Waals surface area (Å²) in [5.74, 6) is 1.52. The minimum absolute atomic E-state index is 0.0510. The van der Waals surface area contributed by atoms with Crippen LogP contribution in [0.1, 0.15) is 93.7 Å². The molecule has 1 N–H and O–H groups in total. The number of carbonyl (C=O) groups is 2. The number of amides is 1. The second-order valence-electron chi connectivity index (χ2n) is 13.2. The van der Waals surface area contributed by atoms with E-state index in [0.29, 0.717) is 17.9 Å². The predicted molar refractivity (Wildman–Crippen MR) is 168 cm³/mol. The number of carboxylic acids is 1. The number of rotatable bonds is 10. The van der Waals surface area contributed by atoms with Crippen LogP contribution in [-0.4, -0.2) is 40.4 Å². The zero-order valence-electron chi connectivity index (χ0n) is 25.6. The summed E-state index contributed by atoms with van der Waals surface area (Å²) in [6, 6.07) is 15.5. The third-order valence-corrected chi connectivity index (χ3v) is 10.1. The Bertz CT molecular complexity index is 1430. The molecule has 0 unspecified atom stereocenters. The number of ether oxygens (including phenoxy) is 1. The molecule has 7 nitrogen and oxygen atoms in total. The second-order valence-corrected chi connectivity index (χ2v) is 13.2. The van der Waals surface area contributed by atoms with Gasteiger partial charge in [-0.2, -0.15) is 5.10 Å². The largest absolute Gasteiger partial charge is 0.496 e. The average molecular weight is 584 g/mol. The average Bonchev–Trinajstić information content (AvgIpc) is 3.76. The van der Waals surface area contributed by atoms with Crippen molar-refractivity contribution in [1.29, 1.82) is 0 Å². The van der Waals surface area contributed by atoms with Gasteiger partial charge in [0.1, 0.15) is 5.75 Å². The van der Waals surface area contributed by atoms with Gasteiger partial charge in [-0.1, -0.05) is 24.3 Å². The number of aliphatic carboxylic acids is 1. The summed E-state index contributed by atoms with van der Waals surface area (Å²) in [7, 11) is 1.72. The van der Waals surface area contributed by atoms with Crippen LogP contribution in [0.4, 0.5) is 5.69 Å². The molecule has 1 amide bonds. The van der Waals surface area contributed by atoms with Crippen LogP contribution in [0.15, 0.2) is 54.9 Å². The fraction of sp³-hybridized carbons (Fsp3) is 0.528. The summed E-state index contributed by atoms with van der Waals surface area (Å²) >= 11 is 0. The van der Waals surface area contributed by atoms with Crippen molar-refractivity contribution in [3.63, 3.8) is 0 Å². The van der Waals surface area contributed by atoms with Crippen molar-refractivity contribution in [3.8, 4) is 16.9 Å². The van der Waals surface area contributed by atoms with Gasteiger partial charge in [0.25, 0.3) is 0 Å². The zero-order chi connectivity index (χ0) is 29.9. The summed E-state index contributed by atoms with van der Waals surface area (Å²) in [5.41, 5.74) is 5.71. The number of benzene rings is 2. The molecule has 3 aliphatic rings. The Labute approximate surface area is 255 Å². The Balaban J connectivity index is 1.18. The van der Waals surface area contributed by atoms with Gasteiger partial charge < -0.3 is 14.7 Å². The third-order valence-electron chi connectivity index (χ3n) is 10.1. The van der Waals surface area contributed by atoms with Crippen LogP contribution < -0.4 is 9.64 Å². The van der Waals surface area contributed by atoms with Crippen LogP contribution in [0.25, 0.3) is 11.1 Å². The van der Waals surface area contributed by atoms with E-state index in [9.17, 15) is 14.7 Å². The topological polar surface area (TPSA) is 84.7 Å². The van der Waals surface area contributed by atoms with Gasteiger partial charge in [-0.05, 0) is 124 Å². The van der Waals surface area contributed by atoms with E-state index in [1.807, 2.05) is 6.20 Å². The van der Waals surface area contributed by atoms with Gasteiger partial charge in [-0.15, -0.1) is 0 Å². The normalized spacial score (nSPS) is 24.0. The first kappa shape index (κ1) is 29.5. The molecule has 1 aromatic heterocycles. The predicted octanol–water partition coefficient (Wildman–Crippen LogP) is 7.79. The zero-order valence-corrected chi connectivity index (χ0v) is 25.6. The lowest BCUT2D eigenvalue weighted by Crippen LogP contribution is -2.41. The highest BCUT2D eigenvalue weighted by Crippen LogP contribution is 2.40. The Morgan fingerprint density at radius 2 is 1.67 bits per heavy atom. The standard InChI is InChI=1S/C36H45N3O4/c1-24-18-30(14-17-34(24)43-2)27-10-8-26(9-11-27)22-38(36(42)28-12-6-25(7-13-28)19-35(40)41)33-5-3-4-29(20-33)31-21-37-39(23-31)32-15-16-32/h3-5,14,17-18,20-21,23,25-28,32H,6-13,15-16,19,22H2,1-2H3,(H,40,41). The van der Waals surface area contributed by atoms with Crippen LogP contribution in [0.2, 0.25) is 0 Å².